The summed E-state index contributed by atoms with van der Waals surface area (Å²) < 4.78 is 1.13. The molecule has 6 aromatic carbocycles. The molecule has 0 bridgehead atoms. The molecule has 0 fully saturated rings. The Morgan fingerprint density at radius 2 is 0.882 bits per heavy atom. The van der Waals surface area contributed by atoms with Crippen molar-refractivity contribution >= 4 is 105 Å². The Labute approximate surface area is 425 Å². The number of hydrogen-bond acceptors (Lipinski definition) is 0. The standard InChI is InChI=1S/2C24H33Si2.C12H9Si.2ClH.Zr/c2*1-9-18-12-19-11-10-17(2)24(23(19)13-18)20-14-21(25(3,4)5)16-22(15-20)26(6,7)8;1-3-7-11-9(5-1)10-6-2-4-8-12(10)13-11;;;/h2*10-16H,9H2,1-8H3;1-7H,13H2;2*1H;/q;;;;;+2/p-2. The summed E-state index contributed by atoms with van der Waals surface area (Å²) in [5.74, 6) is 0. The predicted molar refractivity (Wildman–Crippen MR) is 318 cm³/mol. The van der Waals surface area contributed by atoms with E-state index in [2.05, 4.69) is 222 Å². The first-order valence-electron chi connectivity index (χ1n) is 25.4. The molecular weight excluding hydrogens is 1020 g/mol. The number of fused-ring (bicyclic) bond motifs is 5. The summed E-state index contributed by atoms with van der Waals surface area (Å²) in [4.78, 5) is 0. The molecule has 0 N–H and O–H groups in total. The fourth-order valence-corrected chi connectivity index (χ4v) is 45.5. The van der Waals surface area contributed by atoms with Gasteiger partial charge in [0.2, 0.25) is 0 Å². The molecule has 0 aromatic heterocycles. The van der Waals surface area contributed by atoms with Gasteiger partial charge in [-0.15, -0.1) is 0 Å². The van der Waals surface area contributed by atoms with Crippen LogP contribution in [0.3, 0.4) is 0 Å². The Morgan fingerprint density at radius 1 is 0.485 bits per heavy atom. The molecule has 2 unspecified atom stereocenters. The van der Waals surface area contributed by atoms with E-state index in [1.54, 1.807) is 20.7 Å². The molecular formula is C60H75Cl2Si5Zr. The zero-order valence-corrected chi connectivity index (χ0v) is 53.4. The quantitative estimate of drug-likeness (QED) is 0.113. The van der Waals surface area contributed by atoms with E-state index in [1.165, 1.54) is 91.6 Å². The summed E-state index contributed by atoms with van der Waals surface area (Å²) in [6.07, 6.45) is 6.96. The van der Waals surface area contributed by atoms with E-state index in [4.69, 9.17) is 0 Å². The molecule has 0 amide bonds. The van der Waals surface area contributed by atoms with Gasteiger partial charge in [0.25, 0.3) is 0 Å². The van der Waals surface area contributed by atoms with E-state index in [0.29, 0.717) is 0 Å². The molecule has 2 aliphatic carbocycles. The van der Waals surface area contributed by atoms with Gasteiger partial charge in [0.15, 0.2) is 0 Å². The molecule has 1 aliphatic heterocycles. The third-order valence-electron chi connectivity index (χ3n) is 16.1. The van der Waals surface area contributed by atoms with Crippen molar-refractivity contribution in [1.29, 1.82) is 0 Å². The third kappa shape index (κ3) is 8.29. The molecule has 3 aliphatic rings. The zero-order chi connectivity index (χ0) is 49.3. The number of aryl methyl sites for hydroxylation is 2. The van der Waals surface area contributed by atoms with Crippen LogP contribution in [0, 0.1) is 13.8 Å². The predicted octanol–water partition coefficient (Wildman–Crippen LogP) is 13.6. The zero-order valence-electron chi connectivity index (χ0n) is 44.0. The van der Waals surface area contributed by atoms with Gasteiger partial charge in [0.1, 0.15) is 0 Å². The van der Waals surface area contributed by atoms with Crippen molar-refractivity contribution in [3.8, 4) is 33.4 Å². The van der Waals surface area contributed by atoms with Crippen molar-refractivity contribution in [2.75, 3.05) is 0 Å². The van der Waals surface area contributed by atoms with E-state index >= 15 is 0 Å². The second kappa shape index (κ2) is 17.3. The Bertz CT molecular complexity index is 2910. The van der Waals surface area contributed by atoms with Gasteiger partial charge < -0.3 is 0 Å². The van der Waals surface area contributed by atoms with Crippen LogP contribution in [-0.4, -0.2) is 41.8 Å². The van der Waals surface area contributed by atoms with Gasteiger partial charge in [-0.3, -0.25) is 0 Å². The molecule has 68 heavy (non-hydrogen) atoms. The number of rotatable bonds is 11. The minimum atomic E-state index is -5.70. The van der Waals surface area contributed by atoms with Gasteiger partial charge >= 0.3 is 429 Å². The van der Waals surface area contributed by atoms with Crippen LogP contribution in [0.1, 0.15) is 67.3 Å². The van der Waals surface area contributed by atoms with Crippen LogP contribution in [0.25, 0.3) is 45.5 Å². The van der Waals surface area contributed by atoms with Crippen molar-refractivity contribution in [3.05, 3.63) is 148 Å². The van der Waals surface area contributed by atoms with Gasteiger partial charge in [-0.25, -0.2) is 0 Å². The summed E-state index contributed by atoms with van der Waals surface area (Å²) >= 11 is -5.70. The monoisotopic (exact) mass is 1100 g/mol. The maximum atomic E-state index is 9.52. The molecule has 0 radical (unpaired) electrons. The van der Waals surface area contributed by atoms with Gasteiger partial charge in [0.05, 0.1) is 0 Å². The Balaban J connectivity index is 1.37. The molecule has 8 heteroatoms. The average Bonchev–Trinajstić information content (AvgIpc) is 3.97. The third-order valence-corrected chi connectivity index (χ3v) is 47.0. The van der Waals surface area contributed by atoms with Crippen LogP contribution in [0.2, 0.25) is 78.6 Å². The van der Waals surface area contributed by atoms with Crippen LogP contribution in [0.4, 0.5) is 0 Å². The molecule has 6 aromatic rings. The van der Waals surface area contributed by atoms with Crippen molar-refractivity contribution in [3.63, 3.8) is 0 Å². The van der Waals surface area contributed by atoms with E-state index in [-0.39, 0.29) is 7.25 Å². The van der Waals surface area contributed by atoms with E-state index in [9.17, 15) is 17.0 Å². The fraction of sp³-hybridized carbons (Fsp3) is 0.333. The van der Waals surface area contributed by atoms with Gasteiger partial charge in [0, 0.05) is 0 Å². The second-order valence-corrected chi connectivity index (χ2v) is 67.7. The SMILES string of the molecule is CCC1=Cc2c(ccc(C)c2-c2cc([Si](C)(C)C)cc([Si](C)(C)C)c2)[CH]1[Zr]([Cl])([Cl])([c]1cccc2c1[SiH2]c1ccccc1-2)[CH]1C(CC)=Cc2c1ccc(C)c2-c1cc([Si](C)(C)C)cc([Si](C)(C)C)c1. The fourth-order valence-electron chi connectivity index (χ4n) is 12.2. The topological polar surface area (TPSA) is 0 Å². The minimum absolute atomic E-state index is 0.0932. The molecule has 0 saturated heterocycles. The molecule has 9 rings (SSSR count). The molecule has 2 atom stereocenters. The number of allylic oxidation sites excluding steroid dienone is 2. The summed E-state index contributed by atoms with van der Waals surface area (Å²) in [5, 5.41) is 9.17. The summed E-state index contributed by atoms with van der Waals surface area (Å²) in [6, 6.07) is 41.4. The summed E-state index contributed by atoms with van der Waals surface area (Å²) in [7, 11) is 11.5. The molecule has 1 heterocycles. The van der Waals surface area contributed by atoms with Gasteiger partial charge in [-0.05, 0) is 0 Å². The van der Waals surface area contributed by atoms with Crippen LogP contribution in [0.5, 0.6) is 0 Å². The van der Waals surface area contributed by atoms with Crippen LogP contribution >= 0.6 is 17.0 Å². The first-order chi connectivity index (χ1) is 31.7. The molecule has 0 nitrogen and oxygen atoms in total. The number of hydrogen-bond donors (Lipinski definition) is 0. The normalized spacial score (nSPS) is 17.9. The molecule has 0 saturated carbocycles. The first-order valence-corrected chi connectivity index (χ1v) is 51.3. The van der Waals surface area contributed by atoms with E-state index < -0.39 is 58.2 Å². The van der Waals surface area contributed by atoms with Crippen molar-refractivity contribution in [2.45, 2.75) is 126 Å². The average molecular weight is 1100 g/mol. The van der Waals surface area contributed by atoms with Gasteiger partial charge in [-0.1, -0.05) is 0 Å². The Kier molecular flexibility index (Phi) is 12.8. The maximum absolute atomic E-state index is 9.52. The van der Waals surface area contributed by atoms with Crippen molar-refractivity contribution in [1.82, 2.24) is 0 Å². The first kappa shape index (κ1) is 50.3. The summed E-state index contributed by atoms with van der Waals surface area (Å²) in [5.41, 5.74) is 19.1. The second-order valence-electron chi connectivity index (χ2n) is 24.9. The molecule has 0 spiro atoms. The van der Waals surface area contributed by atoms with Crippen LogP contribution in [0.15, 0.2) is 114 Å². The van der Waals surface area contributed by atoms with Gasteiger partial charge in [-0.2, -0.15) is 0 Å². The van der Waals surface area contributed by atoms with Crippen molar-refractivity contribution < 1.29 is 16.4 Å². The van der Waals surface area contributed by atoms with E-state index in [0.717, 1.165) is 12.8 Å². The van der Waals surface area contributed by atoms with Crippen LogP contribution in [-0.2, 0) is 16.4 Å². The number of halogens is 2. The van der Waals surface area contributed by atoms with E-state index in [1.807, 2.05) is 0 Å². The number of benzene rings is 6. The summed E-state index contributed by atoms with van der Waals surface area (Å²) in [6.45, 7) is 39.4. The molecule has 353 valence electrons. The van der Waals surface area contributed by atoms with Crippen LogP contribution < -0.4 is 34.4 Å². The Morgan fingerprint density at radius 3 is 1.28 bits per heavy atom. The Hall–Kier alpha value is -2.65. The van der Waals surface area contributed by atoms with Crippen molar-refractivity contribution in [2.24, 2.45) is 0 Å².